The van der Waals surface area contributed by atoms with E-state index in [0.717, 1.165) is 11.8 Å². The summed E-state index contributed by atoms with van der Waals surface area (Å²) in [4.78, 5) is 19.8. The quantitative estimate of drug-likeness (QED) is 0.572. The second kappa shape index (κ2) is 6.58. The summed E-state index contributed by atoms with van der Waals surface area (Å²) < 4.78 is 0. The maximum absolute atomic E-state index is 11.8. The van der Waals surface area contributed by atoms with E-state index in [1.54, 1.807) is 24.3 Å². The van der Waals surface area contributed by atoms with Crippen LogP contribution in [0.5, 0.6) is 0 Å². The molecule has 0 aliphatic rings. The molecule has 0 radical (unpaired) electrons. The predicted octanol–water partition coefficient (Wildman–Crippen LogP) is 1.24. The van der Waals surface area contributed by atoms with Crippen molar-refractivity contribution in [1.29, 1.82) is 5.26 Å². The van der Waals surface area contributed by atoms with Crippen LogP contribution in [0.2, 0.25) is 0 Å². The van der Waals surface area contributed by atoms with Crippen molar-refractivity contribution in [3.05, 3.63) is 35.9 Å². The number of aromatic nitrogens is 2. The number of nitrogen functional groups attached to an aromatic ring is 2. The number of carbonyl (C=O) groups excluding carboxylic acids is 1. The summed E-state index contributed by atoms with van der Waals surface area (Å²) in [6.45, 7) is 0. The largest absolute Gasteiger partial charge is 0.383 e. The Bertz CT molecular complexity index is 692. The molecule has 0 fully saturated rings. The van der Waals surface area contributed by atoms with Gasteiger partial charge in [0.05, 0.1) is 17.4 Å². The molecule has 5 N–H and O–H groups in total. The molecule has 106 valence electrons. The number of rotatable bonds is 4. The molecular formula is C13H12N6OS. The highest BCUT2D eigenvalue weighted by molar-refractivity contribution is 7.99. The lowest BCUT2D eigenvalue weighted by Crippen LogP contribution is -2.14. The predicted molar refractivity (Wildman–Crippen MR) is 81.4 cm³/mol. The molecule has 0 atom stereocenters. The van der Waals surface area contributed by atoms with Gasteiger partial charge in [-0.2, -0.15) is 5.26 Å². The number of thioether (sulfide) groups is 1. The Morgan fingerprint density at radius 3 is 2.67 bits per heavy atom. The highest BCUT2D eigenvalue weighted by atomic mass is 32.2. The molecule has 0 bridgehead atoms. The van der Waals surface area contributed by atoms with Gasteiger partial charge in [0, 0.05) is 11.8 Å². The maximum Gasteiger partial charge on any atom is 0.234 e. The van der Waals surface area contributed by atoms with Crippen molar-refractivity contribution in [3.63, 3.8) is 0 Å². The third-order valence-corrected chi connectivity index (χ3v) is 3.20. The zero-order chi connectivity index (χ0) is 15.2. The first kappa shape index (κ1) is 14.6. The Morgan fingerprint density at radius 2 is 2.00 bits per heavy atom. The van der Waals surface area contributed by atoms with E-state index in [1.165, 1.54) is 6.07 Å². The average Bonchev–Trinajstić information content (AvgIpc) is 2.44. The van der Waals surface area contributed by atoms with Crippen molar-refractivity contribution in [2.75, 3.05) is 22.5 Å². The molecule has 21 heavy (non-hydrogen) atoms. The minimum absolute atomic E-state index is 0.111. The van der Waals surface area contributed by atoms with Crippen LogP contribution >= 0.6 is 11.8 Å². The van der Waals surface area contributed by atoms with E-state index in [-0.39, 0.29) is 23.3 Å². The summed E-state index contributed by atoms with van der Waals surface area (Å²) in [5, 5.41) is 11.8. The first-order valence-corrected chi connectivity index (χ1v) is 6.88. The fourth-order valence-electron chi connectivity index (χ4n) is 1.52. The van der Waals surface area contributed by atoms with Crippen molar-refractivity contribution >= 4 is 35.0 Å². The summed E-state index contributed by atoms with van der Waals surface area (Å²) in [5.41, 5.74) is 12.1. The zero-order valence-electron chi connectivity index (χ0n) is 10.9. The Labute approximate surface area is 125 Å². The van der Waals surface area contributed by atoms with Gasteiger partial charge in [0.2, 0.25) is 5.91 Å². The highest BCUT2D eigenvalue weighted by Gasteiger charge is 2.07. The van der Waals surface area contributed by atoms with Gasteiger partial charge < -0.3 is 16.8 Å². The molecule has 2 rings (SSSR count). The van der Waals surface area contributed by atoms with Gasteiger partial charge in [-0.3, -0.25) is 4.79 Å². The van der Waals surface area contributed by atoms with E-state index in [1.807, 2.05) is 6.07 Å². The Balaban J connectivity index is 1.94. The number of hydrogen-bond donors (Lipinski definition) is 3. The standard InChI is InChI=1S/C13H12N6OS/c14-6-8-2-1-3-9(4-8)17-12(20)7-21-13-18-10(15)5-11(16)19-13/h1-5H,7H2,(H,17,20)(H4,15,16,18,19). The molecule has 0 aliphatic carbocycles. The van der Waals surface area contributed by atoms with Crippen LogP contribution in [0, 0.1) is 11.3 Å². The number of nitrogens with one attached hydrogen (secondary N) is 1. The van der Waals surface area contributed by atoms with Crippen molar-refractivity contribution in [2.45, 2.75) is 5.16 Å². The van der Waals surface area contributed by atoms with Crippen LogP contribution in [0.15, 0.2) is 35.5 Å². The number of amides is 1. The fraction of sp³-hybridized carbons (Fsp3) is 0.0769. The Morgan fingerprint density at radius 1 is 1.29 bits per heavy atom. The summed E-state index contributed by atoms with van der Waals surface area (Å²) in [6, 6.07) is 10.1. The third kappa shape index (κ3) is 4.36. The first-order chi connectivity index (χ1) is 10.1. The lowest BCUT2D eigenvalue weighted by atomic mass is 10.2. The molecule has 0 aliphatic heterocycles. The smallest absolute Gasteiger partial charge is 0.234 e. The van der Waals surface area contributed by atoms with E-state index < -0.39 is 0 Å². The van der Waals surface area contributed by atoms with Crippen molar-refractivity contribution in [3.8, 4) is 6.07 Å². The van der Waals surface area contributed by atoms with Crippen LogP contribution in [-0.4, -0.2) is 21.6 Å². The summed E-state index contributed by atoms with van der Waals surface area (Å²) in [6.07, 6.45) is 0. The molecular weight excluding hydrogens is 288 g/mol. The molecule has 1 amide bonds. The number of hydrogen-bond acceptors (Lipinski definition) is 7. The molecule has 1 heterocycles. The number of nitrogens with zero attached hydrogens (tertiary/aromatic N) is 3. The Kier molecular flexibility index (Phi) is 4.58. The van der Waals surface area contributed by atoms with Gasteiger partial charge >= 0.3 is 0 Å². The molecule has 2 aromatic rings. The molecule has 1 aromatic heterocycles. The molecule has 7 nitrogen and oxygen atoms in total. The maximum atomic E-state index is 11.8. The summed E-state index contributed by atoms with van der Waals surface area (Å²) in [7, 11) is 0. The number of benzene rings is 1. The van der Waals surface area contributed by atoms with Gasteiger partial charge in [-0.05, 0) is 18.2 Å². The number of nitriles is 1. The normalized spacial score (nSPS) is 9.86. The van der Waals surface area contributed by atoms with Crippen molar-refractivity contribution < 1.29 is 4.79 Å². The fourth-order valence-corrected chi connectivity index (χ4v) is 2.19. The van der Waals surface area contributed by atoms with E-state index in [4.69, 9.17) is 16.7 Å². The molecule has 0 unspecified atom stereocenters. The van der Waals surface area contributed by atoms with Crippen LogP contribution in [0.4, 0.5) is 17.3 Å². The lowest BCUT2D eigenvalue weighted by molar-refractivity contribution is -0.113. The second-order valence-electron chi connectivity index (χ2n) is 4.03. The van der Waals surface area contributed by atoms with Gasteiger partial charge in [-0.15, -0.1) is 0 Å². The average molecular weight is 300 g/mol. The van der Waals surface area contributed by atoms with E-state index in [0.29, 0.717) is 16.4 Å². The second-order valence-corrected chi connectivity index (χ2v) is 4.97. The van der Waals surface area contributed by atoms with Crippen LogP contribution in [-0.2, 0) is 4.79 Å². The zero-order valence-corrected chi connectivity index (χ0v) is 11.7. The van der Waals surface area contributed by atoms with Gasteiger partial charge in [0.15, 0.2) is 5.16 Å². The summed E-state index contributed by atoms with van der Waals surface area (Å²) in [5.74, 6) is 0.388. The van der Waals surface area contributed by atoms with E-state index in [9.17, 15) is 4.79 Å². The van der Waals surface area contributed by atoms with E-state index in [2.05, 4.69) is 15.3 Å². The topological polar surface area (TPSA) is 131 Å². The highest BCUT2D eigenvalue weighted by Crippen LogP contribution is 2.17. The van der Waals surface area contributed by atoms with Crippen LogP contribution in [0.3, 0.4) is 0 Å². The van der Waals surface area contributed by atoms with Gasteiger partial charge in [-0.1, -0.05) is 17.8 Å². The SMILES string of the molecule is N#Cc1cccc(NC(=O)CSc2nc(N)cc(N)n2)c1. The third-order valence-electron chi connectivity index (χ3n) is 2.35. The Hall–Kier alpha value is -2.79. The van der Waals surface area contributed by atoms with Crippen molar-refractivity contribution in [2.24, 2.45) is 0 Å². The number of carbonyl (C=O) groups is 1. The molecule has 0 saturated carbocycles. The van der Waals surface area contributed by atoms with Gasteiger partial charge in [0.25, 0.3) is 0 Å². The first-order valence-electron chi connectivity index (χ1n) is 5.89. The molecule has 0 spiro atoms. The molecule has 1 aromatic carbocycles. The molecule has 8 heteroatoms. The van der Waals surface area contributed by atoms with Crippen molar-refractivity contribution in [1.82, 2.24) is 9.97 Å². The number of anilines is 3. The minimum Gasteiger partial charge on any atom is -0.383 e. The van der Waals surface area contributed by atoms with Crippen LogP contribution in [0.1, 0.15) is 5.56 Å². The van der Waals surface area contributed by atoms with Crippen LogP contribution in [0.25, 0.3) is 0 Å². The monoisotopic (exact) mass is 300 g/mol. The van der Waals surface area contributed by atoms with E-state index >= 15 is 0 Å². The lowest BCUT2D eigenvalue weighted by Gasteiger charge is -2.05. The summed E-state index contributed by atoms with van der Waals surface area (Å²) >= 11 is 1.13. The van der Waals surface area contributed by atoms with Gasteiger partial charge in [0.1, 0.15) is 11.6 Å². The minimum atomic E-state index is -0.236. The number of nitrogens with two attached hydrogens (primary N) is 2. The van der Waals surface area contributed by atoms with Gasteiger partial charge in [-0.25, -0.2) is 9.97 Å². The van der Waals surface area contributed by atoms with Crippen LogP contribution < -0.4 is 16.8 Å². The molecule has 0 saturated heterocycles.